The lowest BCUT2D eigenvalue weighted by Gasteiger charge is -2.30. The Kier molecular flexibility index (Phi) is 28.6. The van der Waals surface area contributed by atoms with Crippen molar-refractivity contribution in [2.75, 3.05) is 6.54 Å². The number of aromatic hydroxyl groups is 2. The molecule has 1 aromatic heterocycles. The molecule has 458 valence electrons. The lowest BCUT2D eigenvalue weighted by molar-refractivity contribution is -0.144. The number of carboxylic acid groups (broad SMARTS) is 1. The van der Waals surface area contributed by atoms with Crippen LogP contribution in [0, 0.1) is 23.7 Å². The number of phenols is 2. The summed E-state index contributed by atoms with van der Waals surface area (Å²) >= 11 is 0. The van der Waals surface area contributed by atoms with Crippen LogP contribution in [-0.4, -0.2) is 145 Å². The summed E-state index contributed by atoms with van der Waals surface area (Å²) in [5, 5.41) is 50.6. The summed E-state index contributed by atoms with van der Waals surface area (Å²) in [5.41, 5.74) is 19.1. The van der Waals surface area contributed by atoms with Crippen LogP contribution in [0.25, 0.3) is 0 Å². The van der Waals surface area contributed by atoms with Crippen molar-refractivity contribution in [3.63, 3.8) is 0 Å². The summed E-state index contributed by atoms with van der Waals surface area (Å²) in [6.07, 6.45) is 3.50. The van der Waals surface area contributed by atoms with Crippen LogP contribution in [0.4, 0.5) is 0 Å². The second-order valence-corrected chi connectivity index (χ2v) is 21.8. The molecule has 0 saturated heterocycles. The van der Waals surface area contributed by atoms with Gasteiger partial charge in [0.2, 0.25) is 53.2 Å². The van der Waals surface area contributed by atoms with Gasteiger partial charge in [-0.3, -0.25) is 43.2 Å². The van der Waals surface area contributed by atoms with Gasteiger partial charge in [0, 0.05) is 24.7 Å². The molecule has 0 saturated carbocycles. The van der Waals surface area contributed by atoms with E-state index in [1.54, 1.807) is 53.7 Å². The number of phenolic OH excluding ortho intramolecular Hbond substituents is 2. The quantitative estimate of drug-likeness (QED) is 0.0339. The number of nitrogens with two attached hydrogens (primary N) is 3. The van der Waals surface area contributed by atoms with E-state index in [1.165, 1.54) is 48.9 Å². The predicted octanol–water partition coefficient (Wildman–Crippen LogP) is -0.0622. The van der Waals surface area contributed by atoms with Crippen molar-refractivity contribution in [3.8, 4) is 11.5 Å². The Morgan fingerprint density at radius 1 is 0.542 bits per heavy atom. The highest BCUT2D eigenvalue weighted by atomic mass is 16.4. The third kappa shape index (κ3) is 23.3. The highest BCUT2D eigenvalue weighted by Gasteiger charge is 2.38. The van der Waals surface area contributed by atoms with Crippen molar-refractivity contribution in [2.45, 2.75) is 174 Å². The number of rotatable bonds is 36. The number of aliphatic carboxylic acids is 1. The minimum Gasteiger partial charge on any atom is -0.508 e. The molecule has 0 unspecified atom stereocenters. The topological polar surface area (TPSA) is 434 Å². The average Bonchev–Trinajstić information content (AvgIpc) is 3.95. The molecule has 0 aliphatic carbocycles. The van der Waals surface area contributed by atoms with Gasteiger partial charge in [0.05, 0.1) is 18.8 Å². The second kappa shape index (κ2) is 34.3. The van der Waals surface area contributed by atoms with Gasteiger partial charge in [0.1, 0.15) is 59.8 Å². The molecular weight excluding hydrogens is 1070 g/mol. The second-order valence-electron chi connectivity index (χ2n) is 21.8. The van der Waals surface area contributed by atoms with Gasteiger partial charge >= 0.3 is 5.97 Å². The largest absolute Gasteiger partial charge is 0.508 e. The molecule has 18 N–H and O–H groups in total. The zero-order valence-corrected chi connectivity index (χ0v) is 48.7. The molecule has 0 radical (unpaired) electrons. The molecule has 3 rings (SSSR count). The summed E-state index contributed by atoms with van der Waals surface area (Å²) < 4.78 is 0. The van der Waals surface area contributed by atoms with Gasteiger partial charge in [-0.1, -0.05) is 92.5 Å². The Hall–Kier alpha value is -8.13. The van der Waals surface area contributed by atoms with Crippen LogP contribution >= 0.6 is 0 Å². The maximum absolute atomic E-state index is 14.4. The van der Waals surface area contributed by atoms with Gasteiger partial charge in [-0.05, 0) is 97.7 Å². The SMILES string of the molecule is CC[C@H](C)[C@H](NC(=O)[C@H](CCCCN)NC(=O)[C@H](Cc1cnc[nH]1)NC(=O)[C@@H](NC(=O)[C@H](CC(N)=O)NC(=O)[C@@H](NC(=O)[C@H](Cc1ccc(O)cc1)NC(=O)[C@H](CC(C)C)NC(=O)[C@@H](N)Cc1ccc(O)cc1)C(C)C)[C@@H](C)CC)C(=O)O. The van der Waals surface area contributed by atoms with Crippen molar-refractivity contribution in [3.05, 3.63) is 77.9 Å². The number of aromatic amines is 1. The highest BCUT2D eigenvalue weighted by Crippen LogP contribution is 2.17. The number of aromatic nitrogens is 2. The fourth-order valence-electron chi connectivity index (χ4n) is 8.78. The minimum atomic E-state index is -1.73. The van der Waals surface area contributed by atoms with Crippen LogP contribution in [0.15, 0.2) is 61.1 Å². The number of unbranched alkanes of at least 4 members (excludes halogenated alkanes) is 1. The molecule has 0 spiro atoms. The molecule has 9 amide bonds. The summed E-state index contributed by atoms with van der Waals surface area (Å²) in [4.78, 5) is 145. The normalized spacial score (nSPS) is 15.3. The van der Waals surface area contributed by atoms with E-state index in [4.69, 9.17) is 17.2 Å². The van der Waals surface area contributed by atoms with Crippen molar-refractivity contribution >= 4 is 59.1 Å². The highest BCUT2D eigenvalue weighted by molar-refractivity contribution is 5.99. The Bertz CT molecular complexity index is 2620. The third-order valence-corrected chi connectivity index (χ3v) is 14.1. The van der Waals surface area contributed by atoms with Gasteiger partial charge in [-0.25, -0.2) is 9.78 Å². The first kappa shape index (κ1) is 69.1. The predicted molar refractivity (Wildman–Crippen MR) is 307 cm³/mol. The molecule has 0 aliphatic heterocycles. The Balaban J connectivity index is 1.91. The Labute approximate surface area is 484 Å². The minimum absolute atomic E-state index is 0.0275. The molecule has 83 heavy (non-hydrogen) atoms. The van der Waals surface area contributed by atoms with Crippen molar-refractivity contribution in [1.82, 2.24) is 52.5 Å². The number of carbonyl (C=O) groups is 10. The van der Waals surface area contributed by atoms with E-state index in [-0.39, 0.29) is 62.5 Å². The molecule has 2 aromatic carbocycles. The van der Waals surface area contributed by atoms with Crippen LogP contribution in [0.2, 0.25) is 0 Å². The monoisotopic (exact) mass is 1160 g/mol. The van der Waals surface area contributed by atoms with E-state index in [9.17, 15) is 63.3 Å². The van der Waals surface area contributed by atoms with Gasteiger partial charge in [0.25, 0.3) is 0 Å². The zero-order chi connectivity index (χ0) is 62.1. The summed E-state index contributed by atoms with van der Waals surface area (Å²) in [5.74, 6) is -11.0. The lowest BCUT2D eigenvalue weighted by atomic mass is 9.96. The number of hydrogen-bond acceptors (Lipinski definition) is 15. The summed E-state index contributed by atoms with van der Waals surface area (Å²) in [7, 11) is 0. The van der Waals surface area contributed by atoms with Gasteiger partial charge < -0.3 is 80.0 Å². The molecule has 26 nitrogen and oxygen atoms in total. The maximum Gasteiger partial charge on any atom is 0.326 e. The molecule has 1 heterocycles. The van der Waals surface area contributed by atoms with Gasteiger partial charge in [0.15, 0.2) is 0 Å². The number of carboxylic acids is 1. The third-order valence-electron chi connectivity index (χ3n) is 14.1. The summed E-state index contributed by atoms with van der Waals surface area (Å²) in [6.45, 7) is 13.9. The van der Waals surface area contributed by atoms with Crippen LogP contribution in [-0.2, 0) is 67.2 Å². The number of H-pyrrole nitrogens is 1. The van der Waals surface area contributed by atoms with Crippen LogP contribution in [0.3, 0.4) is 0 Å². The number of benzene rings is 2. The van der Waals surface area contributed by atoms with E-state index >= 15 is 0 Å². The van der Waals surface area contributed by atoms with E-state index in [0.29, 0.717) is 36.1 Å². The first-order chi connectivity index (χ1) is 39.2. The van der Waals surface area contributed by atoms with E-state index in [0.717, 1.165) is 0 Å². The van der Waals surface area contributed by atoms with E-state index in [1.807, 2.05) is 13.8 Å². The van der Waals surface area contributed by atoms with E-state index < -0.39 is 138 Å². The first-order valence-electron chi connectivity index (χ1n) is 28.1. The average molecular weight is 1160 g/mol. The first-order valence-corrected chi connectivity index (χ1v) is 28.1. The molecule has 3 aromatic rings. The van der Waals surface area contributed by atoms with E-state index in [2.05, 4.69) is 52.5 Å². The molecule has 11 atom stereocenters. The number of nitrogens with one attached hydrogen (secondary N) is 9. The smallest absolute Gasteiger partial charge is 0.326 e. The van der Waals surface area contributed by atoms with Crippen LogP contribution in [0.5, 0.6) is 11.5 Å². The number of hydrogen-bond donors (Lipinski definition) is 15. The van der Waals surface area contributed by atoms with Gasteiger partial charge in [-0.15, -0.1) is 0 Å². The van der Waals surface area contributed by atoms with Crippen LogP contribution < -0.4 is 59.7 Å². The van der Waals surface area contributed by atoms with Crippen molar-refractivity contribution in [1.29, 1.82) is 0 Å². The number of nitrogens with zero attached hydrogens (tertiary/aromatic N) is 1. The fraction of sp³-hybridized carbons (Fsp3) is 0.561. The Morgan fingerprint density at radius 2 is 0.988 bits per heavy atom. The lowest BCUT2D eigenvalue weighted by Crippen LogP contribution is -2.62. The number of carbonyl (C=O) groups excluding carboxylic acids is 9. The van der Waals surface area contributed by atoms with Gasteiger partial charge in [-0.2, -0.15) is 0 Å². The maximum atomic E-state index is 14.4. The number of imidazole rings is 1. The zero-order valence-electron chi connectivity index (χ0n) is 48.7. The van der Waals surface area contributed by atoms with Crippen LogP contribution in [0.1, 0.15) is 117 Å². The van der Waals surface area contributed by atoms with Crippen molar-refractivity contribution in [2.24, 2.45) is 40.9 Å². The fourth-order valence-corrected chi connectivity index (χ4v) is 8.78. The summed E-state index contributed by atoms with van der Waals surface area (Å²) in [6, 6.07) is -0.281. The van der Waals surface area contributed by atoms with Crippen molar-refractivity contribution < 1.29 is 63.3 Å². The molecule has 26 heteroatoms. The standard InChI is InChI=1S/C57H87N13O13/c1-9-32(7)47(56(81)66-43(26-36-28-61-29-62-36)52(77)63-40(13-11-12-22-58)50(75)70-48(57(82)83)33(8)10-2)69-54(79)44(27-45(60)73)67-55(80)46(31(5)6)68-53(78)42(25-35-16-20-38(72)21-17-35)65-51(76)41(23-30(3)4)64-49(74)39(59)24-34-14-18-37(71)19-15-34/h14-21,28-33,39-44,46-48,71-72H,9-13,22-27,58-59H2,1-8H3,(H2,60,73)(H,61,62)(H,63,77)(H,64,74)(H,65,76)(H,66,81)(H,67,80)(H,68,78)(H,69,79)(H,70,75)(H,82,83)/t32-,33-,39-,40-,41-,42-,43-,44-,46-,47-,48-/m0/s1. The molecule has 0 aliphatic rings. The molecule has 0 bridgehead atoms. The number of amides is 9. The molecule has 0 fully saturated rings. The number of primary amides is 1. The molecular formula is C57H87N13O13. The Morgan fingerprint density at radius 3 is 1.51 bits per heavy atom.